The second-order valence-electron chi connectivity index (χ2n) is 5.77. The van der Waals surface area contributed by atoms with Crippen molar-refractivity contribution in [1.29, 1.82) is 0 Å². The van der Waals surface area contributed by atoms with Crippen molar-refractivity contribution in [3.05, 3.63) is 53.1 Å². The maximum absolute atomic E-state index is 10.8. The second-order valence-corrected chi connectivity index (χ2v) is 6.21. The Morgan fingerprint density at radius 3 is 2.43 bits per heavy atom. The number of aromatic hydroxyl groups is 1. The molecule has 0 bridgehead atoms. The van der Waals surface area contributed by atoms with E-state index in [1.54, 1.807) is 18.2 Å². The molecule has 23 heavy (non-hydrogen) atoms. The van der Waals surface area contributed by atoms with Gasteiger partial charge in [0.05, 0.1) is 5.60 Å². The summed E-state index contributed by atoms with van der Waals surface area (Å²) in [7, 11) is 0. The topological polar surface area (TPSA) is 66.8 Å². The van der Waals surface area contributed by atoms with Crippen LogP contribution in [0.25, 0.3) is 11.1 Å². The van der Waals surface area contributed by atoms with E-state index < -0.39 is 11.6 Å². The van der Waals surface area contributed by atoms with Crippen LogP contribution in [0.4, 0.5) is 0 Å². The molecule has 120 valence electrons. The summed E-state index contributed by atoms with van der Waals surface area (Å²) in [5, 5.41) is 19.4. The largest absolute Gasteiger partial charge is 0.507 e. The average molecular weight is 333 g/mol. The lowest BCUT2D eigenvalue weighted by molar-refractivity contribution is -0.159. The third kappa shape index (κ3) is 3.19. The van der Waals surface area contributed by atoms with Crippen molar-refractivity contribution < 1.29 is 19.7 Å². The molecule has 0 heterocycles. The van der Waals surface area contributed by atoms with Gasteiger partial charge < -0.3 is 14.9 Å². The van der Waals surface area contributed by atoms with Crippen LogP contribution in [-0.4, -0.2) is 22.8 Å². The predicted octanol–water partition coefficient (Wildman–Crippen LogP) is 4.19. The fourth-order valence-corrected chi connectivity index (χ4v) is 3.08. The number of phenolic OH excluding ortho intramolecular Hbond substituents is 1. The SMILES string of the molecule is O=C(O)COC1(c2ccc(-c3cc(Cl)ccc3O)cc2)CCC1. The first-order valence-corrected chi connectivity index (χ1v) is 7.83. The standard InChI is InChI=1S/C18H17ClO4/c19-14-6-7-16(20)15(10-14)12-2-4-13(5-3-12)18(8-1-9-18)23-11-17(21)22/h2-7,10,20H,1,8-9,11H2,(H,21,22). The number of carbonyl (C=O) groups is 1. The smallest absolute Gasteiger partial charge is 0.329 e. The van der Waals surface area contributed by atoms with E-state index in [9.17, 15) is 9.90 Å². The molecular weight excluding hydrogens is 316 g/mol. The lowest BCUT2D eigenvalue weighted by Gasteiger charge is -2.41. The first kappa shape index (κ1) is 15.8. The van der Waals surface area contributed by atoms with E-state index in [4.69, 9.17) is 21.4 Å². The van der Waals surface area contributed by atoms with E-state index in [-0.39, 0.29) is 12.4 Å². The van der Waals surface area contributed by atoms with Gasteiger partial charge in [0.25, 0.3) is 0 Å². The lowest BCUT2D eigenvalue weighted by atomic mass is 9.74. The van der Waals surface area contributed by atoms with Crippen LogP contribution < -0.4 is 0 Å². The van der Waals surface area contributed by atoms with Crippen molar-refractivity contribution in [3.63, 3.8) is 0 Å². The number of rotatable bonds is 5. The van der Waals surface area contributed by atoms with Gasteiger partial charge in [0.2, 0.25) is 0 Å². The molecule has 0 saturated heterocycles. The Morgan fingerprint density at radius 2 is 1.87 bits per heavy atom. The maximum atomic E-state index is 10.8. The van der Waals surface area contributed by atoms with Gasteiger partial charge in [-0.05, 0) is 48.6 Å². The molecule has 1 aliphatic carbocycles. The molecule has 4 nitrogen and oxygen atoms in total. The van der Waals surface area contributed by atoms with Gasteiger partial charge in [-0.15, -0.1) is 0 Å². The number of benzene rings is 2. The number of hydrogen-bond donors (Lipinski definition) is 2. The number of phenols is 1. The predicted molar refractivity (Wildman–Crippen MR) is 87.7 cm³/mol. The Balaban J connectivity index is 1.86. The summed E-state index contributed by atoms with van der Waals surface area (Å²) in [6, 6.07) is 12.6. The summed E-state index contributed by atoms with van der Waals surface area (Å²) in [4.78, 5) is 10.8. The Hall–Kier alpha value is -2.04. The molecular formula is C18H17ClO4. The zero-order chi connectivity index (χ0) is 16.4. The monoisotopic (exact) mass is 332 g/mol. The quantitative estimate of drug-likeness (QED) is 0.861. The third-order valence-electron chi connectivity index (χ3n) is 4.31. The first-order valence-electron chi connectivity index (χ1n) is 7.45. The highest BCUT2D eigenvalue weighted by Crippen LogP contribution is 2.45. The number of carboxylic acids is 1. The summed E-state index contributed by atoms with van der Waals surface area (Å²) in [5.74, 6) is -0.792. The molecule has 0 unspecified atom stereocenters. The van der Waals surface area contributed by atoms with Crippen molar-refractivity contribution in [2.75, 3.05) is 6.61 Å². The zero-order valence-corrected chi connectivity index (χ0v) is 13.2. The fraction of sp³-hybridized carbons (Fsp3) is 0.278. The molecule has 1 saturated carbocycles. The van der Waals surface area contributed by atoms with Crippen LogP contribution in [0.5, 0.6) is 5.75 Å². The highest BCUT2D eigenvalue weighted by molar-refractivity contribution is 6.31. The minimum atomic E-state index is -0.961. The van der Waals surface area contributed by atoms with Gasteiger partial charge in [-0.3, -0.25) is 0 Å². The van der Waals surface area contributed by atoms with Crippen LogP contribution in [0, 0.1) is 0 Å². The maximum Gasteiger partial charge on any atom is 0.329 e. The molecule has 5 heteroatoms. The number of aliphatic carboxylic acids is 1. The van der Waals surface area contributed by atoms with E-state index in [1.165, 1.54) is 0 Å². The highest BCUT2D eigenvalue weighted by atomic mass is 35.5. The zero-order valence-electron chi connectivity index (χ0n) is 12.5. The van der Waals surface area contributed by atoms with Crippen LogP contribution >= 0.6 is 11.6 Å². The molecule has 2 aromatic carbocycles. The van der Waals surface area contributed by atoms with Crippen molar-refractivity contribution in [2.24, 2.45) is 0 Å². The highest BCUT2D eigenvalue weighted by Gasteiger charge is 2.40. The average Bonchev–Trinajstić information content (AvgIpc) is 2.49. The number of ether oxygens (including phenoxy) is 1. The van der Waals surface area contributed by atoms with Gasteiger partial charge >= 0.3 is 5.97 Å². The molecule has 2 aromatic rings. The molecule has 1 fully saturated rings. The minimum absolute atomic E-state index is 0.169. The van der Waals surface area contributed by atoms with Crippen molar-refractivity contribution in [3.8, 4) is 16.9 Å². The minimum Gasteiger partial charge on any atom is -0.507 e. The molecule has 0 spiro atoms. The molecule has 2 N–H and O–H groups in total. The van der Waals surface area contributed by atoms with Gasteiger partial charge in [-0.1, -0.05) is 35.9 Å². The van der Waals surface area contributed by atoms with Crippen LogP contribution in [-0.2, 0) is 15.1 Å². The van der Waals surface area contributed by atoms with Gasteiger partial charge in [-0.2, -0.15) is 0 Å². The van der Waals surface area contributed by atoms with Crippen molar-refractivity contribution >= 4 is 17.6 Å². The Kier molecular flexibility index (Phi) is 4.28. The molecule has 3 rings (SSSR count). The van der Waals surface area contributed by atoms with Crippen molar-refractivity contribution in [2.45, 2.75) is 24.9 Å². The summed E-state index contributed by atoms with van der Waals surface area (Å²) in [6.45, 7) is -0.295. The van der Waals surface area contributed by atoms with Gasteiger partial charge in [0, 0.05) is 10.6 Å². The Bertz CT molecular complexity index is 720. The molecule has 0 aliphatic heterocycles. The molecule has 0 aromatic heterocycles. The second kappa shape index (κ2) is 6.22. The van der Waals surface area contributed by atoms with Gasteiger partial charge in [-0.25, -0.2) is 4.79 Å². The van der Waals surface area contributed by atoms with Gasteiger partial charge in [0.1, 0.15) is 12.4 Å². The van der Waals surface area contributed by atoms with Crippen molar-refractivity contribution in [1.82, 2.24) is 0 Å². The lowest BCUT2D eigenvalue weighted by Crippen LogP contribution is -2.38. The number of hydrogen-bond acceptors (Lipinski definition) is 3. The van der Waals surface area contributed by atoms with Crippen LogP contribution in [0.3, 0.4) is 0 Å². The summed E-state index contributed by atoms with van der Waals surface area (Å²) >= 11 is 5.99. The van der Waals surface area contributed by atoms with E-state index in [0.29, 0.717) is 10.6 Å². The summed E-state index contributed by atoms with van der Waals surface area (Å²) in [5.41, 5.74) is 1.99. The number of carboxylic acid groups (broad SMARTS) is 1. The molecule has 0 radical (unpaired) electrons. The normalized spacial score (nSPS) is 15.9. The van der Waals surface area contributed by atoms with Crippen LogP contribution in [0.2, 0.25) is 5.02 Å². The van der Waals surface area contributed by atoms with E-state index in [0.717, 1.165) is 30.4 Å². The van der Waals surface area contributed by atoms with Crippen LogP contribution in [0.15, 0.2) is 42.5 Å². The fourth-order valence-electron chi connectivity index (χ4n) is 2.91. The van der Waals surface area contributed by atoms with E-state index in [2.05, 4.69) is 0 Å². The summed E-state index contributed by atoms with van der Waals surface area (Å²) in [6.07, 6.45) is 2.67. The number of halogens is 1. The Labute approximate surface area is 139 Å². The van der Waals surface area contributed by atoms with E-state index >= 15 is 0 Å². The molecule has 0 amide bonds. The van der Waals surface area contributed by atoms with Crippen LogP contribution in [0.1, 0.15) is 24.8 Å². The molecule has 1 aliphatic rings. The molecule has 0 atom stereocenters. The van der Waals surface area contributed by atoms with Gasteiger partial charge in [0.15, 0.2) is 0 Å². The first-order chi connectivity index (χ1) is 11.0. The third-order valence-corrected chi connectivity index (χ3v) is 4.55. The summed E-state index contributed by atoms with van der Waals surface area (Å²) < 4.78 is 5.63. The Morgan fingerprint density at radius 1 is 1.17 bits per heavy atom. The van der Waals surface area contributed by atoms with E-state index in [1.807, 2.05) is 24.3 Å².